The van der Waals surface area contributed by atoms with E-state index in [1.165, 1.54) is 11.8 Å². The Kier molecular flexibility index (Phi) is 5.47. The predicted molar refractivity (Wildman–Crippen MR) is 105 cm³/mol. The van der Waals surface area contributed by atoms with Crippen molar-refractivity contribution < 1.29 is 14.3 Å². The van der Waals surface area contributed by atoms with Crippen molar-refractivity contribution in [2.45, 2.75) is 30.6 Å². The number of aromatic nitrogens is 1. The molecule has 0 saturated carbocycles. The SMILES string of the molecule is CCOc1cccc(-c2ccc3nccc(SC(C)(C)OC=O)c3c2)c1. The Labute approximate surface area is 157 Å². The van der Waals surface area contributed by atoms with Gasteiger partial charge in [0.15, 0.2) is 4.93 Å². The Morgan fingerprint density at radius 1 is 1.12 bits per heavy atom. The first kappa shape index (κ1) is 18.3. The van der Waals surface area contributed by atoms with Crippen molar-refractivity contribution in [3.63, 3.8) is 0 Å². The molecule has 0 bridgehead atoms. The van der Waals surface area contributed by atoms with Crippen molar-refractivity contribution >= 4 is 29.1 Å². The fourth-order valence-electron chi connectivity index (χ4n) is 2.73. The second kappa shape index (κ2) is 7.79. The monoisotopic (exact) mass is 367 g/mol. The zero-order chi connectivity index (χ0) is 18.6. The van der Waals surface area contributed by atoms with Crippen molar-refractivity contribution in [2.24, 2.45) is 0 Å². The molecule has 1 heterocycles. The maximum atomic E-state index is 10.7. The van der Waals surface area contributed by atoms with Crippen LogP contribution in [0.2, 0.25) is 0 Å². The molecular weight excluding hydrogens is 346 g/mol. The molecule has 0 aliphatic carbocycles. The van der Waals surface area contributed by atoms with Gasteiger partial charge in [0.1, 0.15) is 5.75 Å². The van der Waals surface area contributed by atoms with E-state index in [2.05, 4.69) is 23.2 Å². The van der Waals surface area contributed by atoms with Crippen LogP contribution in [0.4, 0.5) is 0 Å². The molecule has 1 aromatic heterocycles. The van der Waals surface area contributed by atoms with Gasteiger partial charge >= 0.3 is 0 Å². The van der Waals surface area contributed by atoms with Gasteiger partial charge in [0, 0.05) is 16.5 Å². The molecule has 0 spiro atoms. The third-order valence-electron chi connectivity index (χ3n) is 3.87. The number of rotatable bonds is 7. The molecule has 0 radical (unpaired) electrons. The summed E-state index contributed by atoms with van der Waals surface area (Å²) in [5.41, 5.74) is 3.07. The molecule has 3 rings (SSSR count). The van der Waals surface area contributed by atoms with Crippen molar-refractivity contribution in [3.05, 3.63) is 54.7 Å². The van der Waals surface area contributed by atoms with Gasteiger partial charge in [-0.1, -0.05) is 30.0 Å². The lowest BCUT2D eigenvalue weighted by atomic mass is 10.0. The van der Waals surface area contributed by atoms with Crippen molar-refractivity contribution in [1.82, 2.24) is 4.98 Å². The molecule has 2 aromatic carbocycles. The van der Waals surface area contributed by atoms with Gasteiger partial charge in [-0.2, -0.15) is 0 Å². The summed E-state index contributed by atoms with van der Waals surface area (Å²) < 4.78 is 10.8. The van der Waals surface area contributed by atoms with Crippen LogP contribution < -0.4 is 4.74 Å². The highest BCUT2D eigenvalue weighted by Crippen LogP contribution is 2.38. The van der Waals surface area contributed by atoms with Gasteiger partial charge in [0.25, 0.3) is 6.47 Å². The minimum Gasteiger partial charge on any atom is -0.494 e. The van der Waals surface area contributed by atoms with Crippen LogP contribution >= 0.6 is 11.8 Å². The first-order valence-corrected chi connectivity index (χ1v) is 9.26. The zero-order valence-corrected chi connectivity index (χ0v) is 15.9. The molecule has 0 amide bonds. The quantitative estimate of drug-likeness (QED) is 0.322. The summed E-state index contributed by atoms with van der Waals surface area (Å²) >= 11 is 1.50. The van der Waals surface area contributed by atoms with Gasteiger partial charge in [-0.3, -0.25) is 9.78 Å². The average molecular weight is 367 g/mol. The number of ether oxygens (including phenoxy) is 2. The van der Waals surface area contributed by atoms with Crippen LogP contribution in [-0.4, -0.2) is 23.0 Å². The summed E-state index contributed by atoms with van der Waals surface area (Å²) in [6.07, 6.45) is 1.77. The van der Waals surface area contributed by atoms with Crippen molar-refractivity contribution in [2.75, 3.05) is 6.61 Å². The second-order valence-corrected chi connectivity index (χ2v) is 7.84. The topological polar surface area (TPSA) is 48.4 Å². The third-order valence-corrected chi connectivity index (χ3v) is 5.03. The van der Waals surface area contributed by atoms with Gasteiger partial charge in [0.2, 0.25) is 0 Å². The average Bonchev–Trinajstić information content (AvgIpc) is 2.62. The van der Waals surface area contributed by atoms with E-state index < -0.39 is 4.93 Å². The lowest BCUT2D eigenvalue weighted by Crippen LogP contribution is -2.18. The van der Waals surface area contributed by atoms with Crippen molar-refractivity contribution in [1.29, 1.82) is 0 Å². The summed E-state index contributed by atoms with van der Waals surface area (Å²) in [6.45, 7) is 6.83. The van der Waals surface area contributed by atoms with E-state index in [9.17, 15) is 4.79 Å². The highest BCUT2D eigenvalue weighted by molar-refractivity contribution is 8.00. The summed E-state index contributed by atoms with van der Waals surface area (Å²) in [7, 11) is 0. The number of thioether (sulfide) groups is 1. The van der Waals surface area contributed by atoms with E-state index in [1.807, 2.05) is 51.1 Å². The molecule has 134 valence electrons. The van der Waals surface area contributed by atoms with Crippen LogP contribution in [-0.2, 0) is 9.53 Å². The van der Waals surface area contributed by atoms with Crippen LogP contribution in [0.1, 0.15) is 20.8 Å². The highest BCUT2D eigenvalue weighted by Gasteiger charge is 2.22. The Balaban J connectivity index is 2.03. The van der Waals surface area contributed by atoms with Crippen LogP contribution in [0.25, 0.3) is 22.0 Å². The van der Waals surface area contributed by atoms with E-state index in [-0.39, 0.29) is 0 Å². The maximum Gasteiger partial charge on any atom is 0.294 e. The fraction of sp³-hybridized carbons (Fsp3) is 0.238. The molecule has 0 unspecified atom stereocenters. The summed E-state index contributed by atoms with van der Waals surface area (Å²) in [4.78, 5) is 15.6. The number of benzene rings is 2. The Bertz CT molecular complexity index is 924. The lowest BCUT2D eigenvalue weighted by molar-refractivity contribution is -0.133. The first-order chi connectivity index (χ1) is 12.5. The molecule has 0 aliphatic heterocycles. The zero-order valence-electron chi connectivity index (χ0n) is 15.1. The lowest BCUT2D eigenvalue weighted by Gasteiger charge is -2.22. The van der Waals surface area contributed by atoms with Gasteiger partial charge in [-0.05, 0) is 62.2 Å². The van der Waals surface area contributed by atoms with Crippen LogP contribution in [0.15, 0.2) is 59.6 Å². The van der Waals surface area contributed by atoms with Gasteiger partial charge < -0.3 is 9.47 Å². The van der Waals surface area contributed by atoms with Gasteiger partial charge in [0.05, 0.1) is 12.1 Å². The van der Waals surface area contributed by atoms with E-state index >= 15 is 0 Å². The fourth-order valence-corrected chi connectivity index (χ4v) is 3.75. The molecule has 0 atom stereocenters. The molecule has 26 heavy (non-hydrogen) atoms. The summed E-state index contributed by atoms with van der Waals surface area (Å²) in [5.74, 6) is 0.853. The third kappa shape index (κ3) is 4.17. The number of carbonyl (C=O) groups excluding carboxylic acids is 1. The first-order valence-electron chi connectivity index (χ1n) is 8.45. The Morgan fingerprint density at radius 3 is 2.69 bits per heavy atom. The van der Waals surface area contributed by atoms with E-state index in [1.54, 1.807) is 6.20 Å². The van der Waals surface area contributed by atoms with E-state index in [0.717, 1.165) is 32.7 Å². The summed E-state index contributed by atoms with van der Waals surface area (Å²) in [6, 6.07) is 16.2. The smallest absolute Gasteiger partial charge is 0.294 e. The molecule has 4 nitrogen and oxygen atoms in total. The number of fused-ring (bicyclic) bond motifs is 1. The minimum absolute atomic E-state index is 0.487. The molecule has 0 saturated heterocycles. The highest BCUT2D eigenvalue weighted by atomic mass is 32.2. The second-order valence-electron chi connectivity index (χ2n) is 6.22. The number of hydrogen-bond acceptors (Lipinski definition) is 5. The van der Waals surface area contributed by atoms with Gasteiger partial charge in [-0.25, -0.2) is 0 Å². The molecule has 0 N–H and O–H groups in total. The number of carbonyl (C=O) groups is 1. The predicted octanol–water partition coefficient (Wildman–Crippen LogP) is 5.30. The molecule has 0 aliphatic rings. The molecular formula is C21H21NO3S. The number of hydrogen-bond donors (Lipinski definition) is 0. The number of nitrogens with zero attached hydrogens (tertiary/aromatic N) is 1. The molecule has 0 fully saturated rings. The standard InChI is InChI=1S/C21H21NO3S/c1-4-24-17-7-5-6-15(12-17)16-8-9-19-18(13-16)20(10-11-22-19)26-21(2,3)25-14-23/h5-14H,4H2,1-3H3. The maximum absolute atomic E-state index is 10.7. The Hall–Kier alpha value is -2.53. The Morgan fingerprint density at radius 2 is 1.92 bits per heavy atom. The summed E-state index contributed by atoms with van der Waals surface area (Å²) in [5, 5.41) is 1.03. The normalized spacial score (nSPS) is 11.3. The van der Waals surface area contributed by atoms with E-state index in [4.69, 9.17) is 9.47 Å². The largest absolute Gasteiger partial charge is 0.494 e. The molecule has 5 heteroatoms. The number of pyridine rings is 1. The van der Waals surface area contributed by atoms with Crippen LogP contribution in [0, 0.1) is 0 Å². The van der Waals surface area contributed by atoms with Crippen LogP contribution in [0.3, 0.4) is 0 Å². The van der Waals surface area contributed by atoms with E-state index in [0.29, 0.717) is 13.1 Å². The van der Waals surface area contributed by atoms with Gasteiger partial charge in [-0.15, -0.1) is 0 Å². The minimum atomic E-state index is -0.652. The molecule has 3 aromatic rings. The van der Waals surface area contributed by atoms with Crippen LogP contribution in [0.5, 0.6) is 5.75 Å². The van der Waals surface area contributed by atoms with Crippen molar-refractivity contribution in [3.8, 4) is 16.9 Å².